The first-order chi connectivity index (χ1) is 8.79. The molecule has 5 heteroatoms. The fourth-order valence-electron chi connectivity index (χ4n) is 3.09. The molecule has 1 aromatic heterocycles. The molecule has 0 radical (unpaired) electrons. The lowest BCUT2D eigenvalue weighted by atomic mass is 9.77. The molecule has 0 amide bonds. The first kappa shape index (κ1) is 12.5. The van der Waals surface area contributed by atoms with Crippen molar-refractivity contribution >= 4 is 11.3 Å². The second-order valence-corrected chi connectivity index (χ2v) is 6.05. The van der Waals surface area contributed by atoms with Gasteiger partial charge in [-0.05, 0) is 31.6 Å². The van der Waals surface area contributed by atoms with Gasteiger partial charge in [0.25, 0.3) is 0 Å². The Bertz CT molecular complexity index is 371. The molecule has 0 bridgehead atoms. The van der Waals surface area contributed by atoms with Gasteiger partial charge in [0, 0.05) is 25.2 Å². The zero-order valence-corrected chi connectivity index (χ0v) is 11.3. The van der Waals surface area contributed by atoms with E-state index in [-0.39, 0.29) is 11.6 Å². The van der Waals surface area contributed by atoms with Crippen LogP contribution in [0.4, 0.5) is 0 Å². The quantitative estimate of drug-likeness (QED) is 0.892. The van der Waals surface area contributed by atoms with Crippen molar-refractivity contribution in [1.82, 2.24) is 4.98 Å². The van der Waals surface area contributed by atoms with E-state index in [4.69, 9.17) is 15.2 Å². The van der Waals surface area contributed by atoms with Crippen molar-refractivity contribution in [3.63, 3.8) is 0 Å². The molecule has 0 aromatic carbocycles. The van der Waals surface area contributed by atoms with Gasteiger partial charge in [0.15, 0.2) is 0 Å². The Balaban J connectivity index is 1.70. The molecule has 2 aliphatic heterocycles. The molecule has 3 rings (SSSR count). The Morgan fingerprint density at radius 2 is 2.22 bits per heavy atom. The zero-order valence-electron chi connectivity index (χ0n) is 10.5. The number of hydrogen-bond acceptors (Lipinski definition) is 5. The third-order valence-corrected chi connectivity index (χ3v) is 4.84. The van der Waals surface area contributed by atoms with E-state index in [9.17, 15) is 0 Å². The highest BCUT2D eigenvalue weighted by Crippen LogP contribution is 2.40. The molecular formula is C13H20N2O2S. The fourth-order valence-corrected chi connectivity index (χ4v) is 3.69. The Morgan fingerprint density at radius 3 is 2.94 bits per heavy atom. The summed E-state index contributed by atoms with van der Waals surface area (Å²) in [6, 6.07) is 0.0554. The monoisotopic (exact) mass is 268 g/mol. The van der Waals surface area contributed by atoms with Crippen LogP contribution in [0.15, 0.2) is 10.9 Å². The average Bonchev–Trinajstić information content (AvgIpc) is 2.93. The van der Waals surface area contributed by atoms with Crippen molar-refractivity contribution in [3.05, 3.63) is 16.6 Å². The summed E-state index contributed by atoms with van der Waals surface area (Å²) in [5, 5.41) is 2.07. The van der Waals surface area contributed by atoms with E-state index in [0.29, 0.717) is 5.92 Å². The summed E-state index contributed by atoms with van der Waals surface area (Å²) < 4.78 is 11.5. The van der Waals surface area contributed by atoms with E-state index in [1.54, 1.807) is 11.3 Å². The second kappa shape index (κ2) is 5.25. The third kappa shape index (κ3) is 2.45. The van der Waals surface area contributed by atoms with Gasteiger partial charge in [-0.1, -0.05) is 0 Å². The average molecular weight is 268 g/mol. The van der Waals surface area contributed by atoms with E-state index < -0.39 is 0 Å². The predicted molar refractivity (Wildman–Crippen MR) is 70.5 cm³/mol. The maximum Gasteiger partial charge on any atom is 0.0795 e. The number of thiazole rings is 1. The van der Waals surface area contributed by atoms with E-state index in [0.717, 1.165) is 51.2 Å². The van der Waals surface area contributed by atoms with Crippen molar-refractivity contribution in [3.8, 4) is 0 Å². The minimum Gasteiger partial charge on any atom is -0.381 e. The first-order valence-electron chi connectivity index (χ1n) is 6.64. The number of ether oxygens (including phenoxy) is 2. The molecule has 18 heavy (non-hydrogen) atoms. The van der Waals surface area contributed by atoms with Gasteiger partial charge < -0.3 is 15.2 Å². The van der Waals surface area contributed by atoms with E-state index >= 15 is 0 Å². The van der Waals surface area contributed by atoms with Gasteiger partial charge >= 0.3 is 0 Å². The number of aromatic nitrogens is 1. The fraction of sp³-hybridized carbons (Fsp3) is 0.769. The molecule has 1 spiro atoms. The molecule has 0 aliphatic carbocycles. The normalized spacial score (nSPS) is 29.3. The number of nitrogens with zero attached hydrogens (tertiary/aromatic N) is 1. The number of nitrogens with two attached hydrogens (primary N) is 1. The molecule has 2 fully saturated rings. The SMILES string of the molecule is NC(c1cscn1)C1CCOC2(CCOCC2)C1. The van der Waals surface area contributed by atoms with Gasteiger partial charge in [-0.3, -0.25) is 0 Å². The van der Waals surface area contributed by atoms with E-state index in [1.165, 1.54) is 0 Å². The topological polar surface area (TPSA) is 57.4 Å². The maximum absolute atomic E-state index is 6.36. The lowest BCUT2D eigenvalue weighted by molar-refractivity contribution is -0.149. The van der Waals surface area contributed by atoms with E-state index in [2.05, 4.69) is 10.4 Å². The van der Waals surface area contributed by atoms with Crippen LogP contribution >= 0.6 is 11.3 Å². The Labute approximate surface area is 111 Å². The number of rotatable bonds is 2. The summed E-state index contributed by atoms with van der Waals surface area (Å²) in [4.78, 5) is 4.35. The summed E-state index contributed by atoms with van der Waals surface area (Å²) in [6.07, 6.45) is 4.11. The van der Waals surface area contributed by atoms with Gasteiger partial charge in [-0.15, -0.1) is 11.3 Å². The predicted octanol–water partition coefficient (Wildman–Crippen LogP) is 2.12. The summed E-state index contributed by atoms with van der Waals surface area (Å²) in [5.74, 6) is 0.485. The van der Waals surface area contributed by atoms with Crippen LogP contribution < -0.4 is 5.73 Å². The standard InChI is InChI=1S/C13H20N2O2S/c14-12(11-8-18-9-15-11)10-1-4-17-13(7-10)2-5-16-6-3-13/h8-10,12H,1-7,14H2. The van der Waals surface area contributed by atoms with Gasteiger partial charge in [0.2, 0.25) is 0 Å². The van der Waals surface area contributed by atoms with Crippen molar-refractivity contribution in [2.24, 2.45) is 11.7 Å². The van der Waals surface area contributed by atoms with Crippen LogP contribution in [0.3, 0.4) is 0 Å². The van der Waals surface area contributed by atoms with Crippen molar-refractivity contribution in [2.75, 3.05) is 19.8 Å². The first-order valence-corrected chi connectivity index (χ1v) is 7.59. The second-order valence-electron chi connectivity index (χ2n) is 5.34. The lowest BCUT2D eigenvalue weighted by Crippen LogP contribution is -2.46. The maximum atomic E-state index is 6.36. The summed E-state index contributed by atoms with van der Waals surface area (Å²) in [7, 11) is 0. The Hall–Kier alpha value is -0.490. The highest BCUT2D eigenvalue weighted by molar-refractivity contribution is 7.07. The number of hydrogen-bond donors (Lipinski definition) is 1. The van der Waals surface area contributed by atoms with Crippen LogP contribution in [0.5, 0.6) is 0 Å². The molecule has 2 atom stereocenters. The molecule has 100 valence electrons. The molecule has 1 aromatic rings. The van der Waals surface area contributed by atoms with Crippen LogP contribution in [0, 0.1) is 5.92 Å². The third-order valence-electron chi connectivity index (χ3n) is 4.24. The molecular weight excluding hydrogens is 248 g/mol. The van der Waals surface area contributed by atoms with Crippen molar-refractivity contribution < 1.29 is 9.47 Å². The minimum atomic E-state index is 0.0226. The largest absolute Gasteiger partial charge is 0.381 e. The molecule has 2 aliphatic rings. The minimum absolute atomic E-state index is 0.0226. The van der Waals surface area contributed by atoms with Gasteiger partial charge in [-0.2, -0.15) is 0 Å². The van der Waals surface area contributed by atoms with Crippen molar-refractivity contribution in [2.45, 2.75) is 37.3 Å². The Kier molecular flexibility index (Phi) is 3.66. The summed E-state index contributed by atoms with van der Waals surface area (Å²) >= 11 is 1.62. The van der Waals surface area contributed by atoms with Crippen LogP contribution in [0.1, 0.15) is 37.4 Å². The van der Waals surface area contributed by atoms with Crippen LogP contribution in [0.25, 0.3) is 0 Å². The van der Waals surface area contributed by atoms with E-state index in [1.807, 2.05) is 5.51 Å². The molecule has 2 unspecified atom stereocenters. The Morgan fingerprint density at radius 1 is 1.39 bits per heavy atom. The molecule has 2 N–H and O–H groups in total. The molecule has 4 nitrogen and oxygen atoms in total. The van der Waals surface area contributed by atoms with Crippen LogP contribution in [-0.2, 0) is 9.47 Å². The van der Waals surface area contributed by atoms with Crippen LogP contribution in [0.2, 0.25) is 0 Å². The van der Waals surface area contributed by atoms with Gasteiger partial charge in [-0.25, -0.2) is 4.98 Å². The van der Waals surface area contributed by atoms with Gasteiger partial charge in [0.1, 0.15) is 0 Å². The molecule has 3 heterocycles. The molecule has 0 saturated carbocycles. The highest BCUT2D eigenvalue weighted by atomic mass is 32.1. The smallest absolute Gasteiger partial charge is 0.0795 e. The highest BCUT2D eigenvalue weighted by Gasteiger charge is 2.41. The van der Waals surface area contributed by atoms with Gasteiger partial charge in [0.05, 0.1) is 22.8 Å². The molecule has 2 saturated heterocycles. The van der Waals surface area contributed by atoms with Crippen LogP contribution in [-0.4, -0.2) is 30.4 Å². The van der Waals surface area contributed by atoms with Crippen molar-refractivity contribution in [1.29, 1.82) is 0 Å². The zero-order chi connectivity index (χ0) is 12.4. The summed E-state index contributed by atoms with van der Waals surface area (Å²) in [6.45, 7) is 2.46. The lowest BCUT2D eigenvalue weighted by Gasteiger charge is -2.44. The summed E-state index contributed by atoms with van der Waals surface area (Å²) in [5.41, 5.74) is 9.28.